The number of alkyl halides is 1. The van der Waals surface area contributed by atoms with Crippen LogP contribution in [-0.4, -0.2) is 58.1 Å². The Balaban J connectivity index is 1.32. The van der Waals surface area contributed by atoms with Gasteiger partial charge in [0, 0.05) is 24.7 Å². The lowest BCUT2D eigenvalue weighted by Gasteiger charge is -2.48. The summed E-state index contributed by atoms with van der Waals surface area (Å²) in [4.78, 5) is 8.02. The third kappa shape index (κ3) is 4.00. The summed E-state index contributed by atoms with van der Waals surface area (Å²) in [5.41, 5.74) is 1.13. The molecule has 1 N–H and O–H groups in total. The van der Waals surface area contributed by atoms with Gasteiger partial charge in [0.2, 0.25) is 0 Å². The first-order chi connectivity index (χ1) is 17.9. The van der Waals surface area contributed by atoms with Crippen molar-refractivity contribution in [1.82, 2.24) is 24.3 Å². The molecule has 2 aliphatic carbocycles. The fraction of sp³-hybridized carbons (Fsp3) is 0.583. The highest BCUT2D eigenvalue weighted by Crippen LogP contribution is 2.50. The van der Waals surface area contributed by atoms with E-state index in [2.05, 4.69) is 41.8 Å². The molecule has 37 heavy (non-hydrogen) atoms. The number of aromatic nitrogens is 4. The Labute approximate surface area is 235 Å². The Kier molecular flexibility index (Phi) is 5.81. The number of piperidine rings is 1. The topological polar surface area (TPSA) is 91.4 Å². The van der Waals surface area contributed by atoms with E-state index in [1.807, 2.05) is 10.6 Å². The van der Waals surface area contributed by atoms with Crippen molar-refractivity contribution in [2.45, 2.75) is 54.4 Å². The second-order valence-corrected chi connectivity index (χ2v) is 13.8. The van der Waals surface area contributed by atoms with Crippen molar-refractivity contribution >= 4 is 62.0 Å². The van der Waals surface area contributed by atoms with E-state index >= 15 is 0 Å². The number of hydrogen-bond acceptors (Lipinski definition) is 9. The molecule has 2 aliphatic heterocycles. The van der Waals surface area contributed by atoms with Crippen molar-refractivity contribution in [2.24, 2.45) is 5.41 Å². The molecule has 3 aromatic heterocycles. The number of imidazole rings is 1. The molecule has 4 aliphatic rings. The Hall–Kier alpha value is -1.49. The molecule has 2 saturated carbocycles. The van der Waals surface area contributed by atoms with Crippen LogP contribution >= 0.6 is 50.8 Å². The molecule has 0 aromatic carbocycles. The van der Waals surface area contributed by atoms with Gasteiger partial charge < -0.3 is 9.64 Å². The van der Waals surface area contributed by atoms with E-state index in [4.69, 9.17) is 21.3 Å². The molecule has 13 heteroatoms. The van der Waals surface area contributed by atoms with Crippen LogP contribution in [0.1, 0.15) is 43.5 Å². The molecule has 0 amide bonds. The molecule has 194 valence electrons. The first kappa shape index (κ1) is 24.5. The third-order valence-corrected chi connectivity index (χ3v) is 11.7. The van der Waals surface area contributed by atoms with Crippen molar-refractivity contribution in [3.8, 4) is 16.9 Å². The van der Waals surface area contributed by atoms with Crippen LogP contribution in [0.25, 0.3) is 16.3 Å². The number of rotatable bonds is 7. The number of nitrogens with zero attached hydrogens (tertiary/aromatic N) is 6. The zero-order valence-corrected chi connectivity index (χ0v) is 23.9. The highest BCUT2D eigenvalue weighted by atomic mass is 79.9. The number of pyridine rings is 1. The lowest BCUT2D eigenvalue weighted by atomic mass is 9.77. The number of nitrogens with one attached hydrogen (secondary N) is 1. The molecular weight excluding hydrogens is 601 g/mol. The predicted molar refractivity (Wildman–Crippen MR) is 145 cm³/mol. The molecule has 0 bridgehead atoms. The van der Waals surface area contributed by atoms with Gasteiger partial charge in [-0.3, -0.25) is 9.12 Å². The van der Waals surface area contributed by atoms with Gasteiger partial charge in [0.25, 0.3) is 0 Å². The minimum atomic E-state index is -0.508. The number of nitriles is 1. The van der Waals surface area contributed by atoms with Gasteiger partial charge in [0.05, 0.1) is 39.9 Å². The second kappa shape index (κ2) is 8.76. The molecule has 2 saturated heterocycles. The van der Waals surface area contributed by atoms with E-state index in [9.17, 15) is 9.65 Å². The van der Waals surface area contributed by atoms with E-state index in [1.165, 1.54) is 23.3 Å². The number of anilines is 1. The highest BCUT2D eigenvalue weighted by Gasteiger charge is 2.48. The molecular formula is C24H24BrClFN7OS2. The summed E-state index contributed by atoms with van der Waals surface area (Å²) in [6, 6.07) is 2.39. The predicted octanol–water partition coefficient (Wildman–Crippen LogP) is 5.54. The van der Waals surface area contributed by atoms with Crippen LogP contribution in [0.5, 0.6) is 0 Å². The summed E-state index contributed by atoms with van der Waals surface area (Å²) in [7, 11) is 0. The summed E-state index contributed by atoms with van der Waals surface area (Å²) in [5, 5.41) is 20.1. The zero-order chi connectivity index (χ0) is 25.4. The smallest absolute Gasteiger partial charge is 0.184 e. The first-order valence-electron chi connectivity index (χ1n) is 12.4. The van der Waals surface area contributed by atoms with E-state index in [0.29, 0.717) is 21.4 Å². The fourth-order valence-electron chi connectivity index (χ4n) is 5.11. The monoisotopic (exact) mass is 623 g/mol. The molecule has 0 atom stereocenters. The molecule has 0 unspecified atom stereocenters. The second-order valence-electron chi connectivity index (χ2n) is 10.8. The van der Waals surface area contributed by atoms with Crippen LogP contribution < -0.4 is 9.62 Å². The van der Waals surface area contributed by atoms with Gasteiger partial charge in [0.1, 0.15) is 22.6 Å². The van der Waals surface area contributed by atoms with Crippen molar-refractivity contribution in [2.75, 3.05) is 37.9 Å². The summed E-state index contributed by atoms with van der Waals surface area (Å²) in [5.74, 6) is 0.598. The quantitative estimate of drug-likeness (QED) is 0.343. The maximum atomic E-state index is 13.6. The van der Waals surface area contributed by atoms with Crippen molar-refractivity contribution < 1.29 is 9.13 Å². The fourth-order valence-corrected chi connectivity index (χ4v) is 8.12. The van der Waals surface area contributed by atoms with Crippen LogP contribution in [0.3, 0.4) is 0 Å². The zero-order valence-electron chi connectivity index (χ0n) is 19.9. The van der Waals surface area contributed by atoms with Gasteiger partial charge in [-0.2, -0.15) is 5.26 Å². The Bertz CT molecular complexity index is 1430. The third-order valence-electron chi connectivity index (χ3n) is 8.20. The normalized spacial score (nSPS) is 22.7. The minimum Gasteiger partial charge on any atom is -0.380 e. The number of ether oxygens (including phenoxy) is 1. The molecule has 0 radical (unpaired) electrons. The minimum absolute atomic E-state index is 0.296. The molecule has 8 nitrogen and oxygen atoms in total. The number of hydrogen-bond donors (Lipinski definition) is 1. The van der Waals surface area contributed by atoms with Crippen LogP contribution in [0.15, 0.2) is 15.6 Å². The SMILES string of the molecule is N#CC1(c2nnc(-c3nc(Cl)c4c(N5CCC6(CC5)COC6)c(Br)c(SNC5(CF)CC5)cn34)s2)CC1. The van der Waals surface area contributed by atoms with Gasteiger partial charge in [-0.1, -0.05) is 22.9 Å². The van der Waals surface area contributed by atoms with Crippen LogP contribution in [-0.2, 0) is 10.2 Å². The summed E-state index contributed by atoms with van der Waals surface area (Å²) in [6.45, 7) is 3.06. The van der Waals surface area contributed by atoms with E-state index in [1.54, 1.807) is 0 Å². The number of halogens is 3. The molecule has 7 rings (SSSR count). The average Bonchev–Trinajstić information content (AvgIpc) is 3.79. The van der Waals surface area contributed by atoms with Gasteiger partial charge in [-0.15, -0.1) is 10.2 Å². The maximum Gasteiger partial charge on any atom is 0.184 e. The van der Waals surface area contributed by atoms with Crippen LogP contribution in [0, 0.1) is 16.7 Å². The van der Waals surface area contributed by atoms with E-state index < -0.39 is 11.0 Å². The van der Waals surface area contributed by atoms with Crippen molar-refractivity contribution in [1.29, 1.82) is 5.26 Å². The summed E-state index contributed by atoms with van der Waals surface area (Å²) < 4.78 is 25.4. The lowest BCUT2D eigenvalue weighted by molar-refractivity contribution is -0.124. The van der Waals surface area contributed by atoms with Crippen LogP contribution in [0.2, 0.25) is 5.15 Å². The molecule has 3 aromatic rings. The van der Waals surface area contributed by atoms with Crippen molar-refractivity contribution in [3.05, 3.63) is 20.8 Å². The Morgan fingerprint density at radius 3 is 2.57 bits per heavy atom. The van der Waals surface area contributed by atoms with Gasteiger partial charge >= 0.3 is 0 Å². The highest BCUT2D eigenvalue weighted by molar-refractivity contribution is 9.10. The maximum absolute atomic E-state index is 13.6. The summed E-state index contributed by atoms with van der Waals surface area (Å²) >= 11 is 13.5. The largest absolute Gasteiger partial charge is 0.380 e. The van der Waals surface area contributed by atoms with Crippen LogP contribution in [0.4, 0.5) is 10.1 Å². The standard InChI is InChI=1S/C24H24BrClFN7OS2/c25-15-14(37-32-24(10-27)3-4-24)9-34-17(16(15)33-7-5-22(6-8-33)12-35-13-22)18(26)29-19(34)20-30-31-21(36-20)23(11-28)1-2-23/h9,32H,1-8,10,12-13H2. The molecule has 1 spiro atoms. The lowest BCUT2D eigenvalue weighted by Crippen LogP contribution is -2.51. The van der Waals surface area contributed by atoms with E-state index in [0.717, 1.165) is 90.4 Å². The van der Waals surface area contributed by atoms with Gasteiger partial charge in [0.15, 0.2) is 16.0 Å². The van der Waals surface area contributed by atoms with Gasteiger partial charge in [-0.05, 0) is 66.4 Å². The Morgan fingerprint density at radius 2 is 1.97 bits per heavy atom. The summed E-state index contributed by atoms with van der Waals surface area (Å²) in [6.07, 6.45) is 7.37. The number of fused-ring (bicyclic) bond motifs is 1. The van der Waals surface area contributed by atoms with Crippen molar-refractivity contribution in [3.63, 3.8) is 0 Å². The van der Waals surface area contributed by atoms with E-state index in [-0.39, 0.29) is 6.67 Å². The van der Waals surface area contributed by atoms with Gasteiger partial charge in [-0.25, -0.2) is 9.37 Å². The average molecular weight is 625 g/mol. The Morgan fingerprint density at radius 1 is 1.22 bits per heavy atom. The first-order valence-corrected chi connectivity index (χ1v) is 15.2. The molecule has 4 fully saturated rings. The molecule has 5 heterocycles.